The van der Waals surface area contributed by atoms with Crippen LogP contribution in [0.15, 0.2) is 12.1 Å². The van der Waals surface area contributed by atoms with Crippen molar-refractivity contribution >= 4 is 0 Å². The largest absolute Gasteiger partial charge is 0.464 e. The Balaban J connectivity index is 3.14. The zero-order valence-corrected chi connectivity index (χ0v) is 11.2. The van der Waals surface area contributed by atoms with E-state index >= 15 is 0 Å². The lowest BCUT2D eigenvalue weighted by Crippen LogP contribution is -2.37. The average molecular weight is 327 g/mol. The number of halogens is 6. The van der Waals surface area contributed by atoms with Gasteiger partial charge in [-0.05, 0) is 25.7 Å². The van der Waals surface area contributed by atoms with Gasteiger partial charge >= 0.3 is 12.4 Å². The molecule has 4 nitrogen and oxygen atoms in total. The van der Waals surface area contributed by atoms with E-state index in [1.807, 2.05) is 0 Å². The van der Waals surface area contributed by atoms with Crippen molar-refractivity contribution in [2.45, 2.75) is 24.9 Å². The normalized spacial score (nSPS) is 13.5. The number of nitrogens with one attached hydrogen (secondary N) is 1. The second-order valence-corrected chi connectivity index (χ2v) is 4.20. The molecule has 1 aromatic heterocycles. The van der Waals surface area contributed by atoms with Crippen LogP contribution in [-0.4, -0.2) is 30.9 Å². The topological polar surface area (TPSA) is 57.9 Å². The SMILES string of the molecule is CNCC[C@@H](Oc1nc(C(F)(F)F)ccc1C#N)C(F)(F)F. The zero-order valence-electron chi connectivity index (χ0n) is 11.2. The number of hydrogen-bond donors (Lipinski definition) is 1. The fourth-order valence-electron chi connectivity index (χ4n) is 1.47. The van der Waals surface area contributed by atoms with Crippen molar-refractivity contribution in [2.24, 2.45) is 0 Å². The first-order valence-corrected chi connectivity index (χ1v) is 5.96. The average Bonchev–Trinajstić information content (AvgIpc) is 2.40. The Bertz CT molecular complexity index is 549. The predicted octanol–water partition coefficient (Wildman–Crippen LogP) is 2.89. The van der Waals surface area contributed by atoms with Crippen molar-refractivity contribution in [3.63, 3.8) is 0 Å². The van der Waals surface area contributed by atoms with Crippen LogP contribution in [0, 0.1) is 11.3 Å². The molecule has 0 aliphatic rings. The molecule has 1 heterocycles. The molecule has 0 aliphatic heterocycles. The van der Waals surface area contributed by atoms with Crippen molar-refractivity contribution in [1.29, 1.82) is 5.26 Å². The van der Waals surface area contributed by atoms with Gasteiger partial charge in [-0.15, -0.1) is 0 Å². The summed E-state index contributed by atoms with van der Waals surface area (Å²) in [6.07, 6.45) is -12.6. The highest BCUT2D eigenvalue weighted by Gasteiger charge is 2.42. The van der Waals surface area contributed by atoms with Crippen LogP contribution in [0.25, 0.3) is 0 Å². The second kappa shape index (κ2) is 6.83. The molecule has 122 valence electrons. The van der Waals surface area contributed by atoms with E-state index in [4.69, 9.17) is 5.26 Å². The van der Waals surface area contributed by atoms with Crippen LogP contribution in [0.5, 0.6) is 5.88 Å². The molecule has 0 radical (unpaired) electrons. The third-order valence-electron chi connectivity index (χ3n) is 2.55. The van der Waals surface area contributed by atoms with Gasteiger partial charge in [-0.2, -0.15) is 31.6 Å². The lowest BCUT2D eigenvalue weighted by molar-refractivity contribution is -0.197. The van der Waals surface area contributed by atoms with Crippen molar-refractivity contribution < 1.29 is 31.1 Å². The number of hydrogen-bond acceptors (Lipinski definition) is 4. The van der Waals surface area contributed by atoms with E-state index < -0.39 is 42.0 Å². The summed E-state index contributed by atoms with van der Waals surface area (Å²) in [6.45, 7) is -0.0783. The van der Waals surface area contributed by atoms with E-state index in [0.29, 0.717) is 6.07 Å². The number of rotatable bonds is 5. The highest BCUT2D eigenvalue weighted by atomic mass is 19.4. The number of nitriles is 1. The van der Waals surface area contributed by atoms with E-state index in [9.17, 15) is 26.3 Å². The van der Waals surface area contributed by atoms with Gasteiger partial charge in [-0.3, -0.25) is 0 Å². The van der Waals surface area contributed by atoms with Crippen LogP contribution < -0.4 is 10.1 Å². The summed E-state index contributed by atoms with van der Waals surface area (Å²) in [7, 11) is 1.41. The Hall–Kier alpha value is -2.02. The summed E-state index contributed by atoms with van der Waals surface area (Å²) in [5.41, 5.74) is -1.94. The van der Waals surface area contributed by atoms with Gasteiger partial charge in [0.05, 0.1) is 0 Å². The quantitative estimate of drug-likeness (QED) is 0.845. The Labute approximate surface area is 121 Å². The Kier molecular flexibility index (Phi) is 5.59. The first-order chi connectivity index (χ1) is 10.1. The molecule has 0 aromatic carbocycles. The van der Waals surface area contributed by atoms with E-state index in [2.05, 4.69) is 15.0 Å². The maximum atomic E-state index is 12.8. The Morgan fingerprint density at radius 1 is 1.27 bits per heavy atom. The van der Waals surface area contributed by atoms with Gasteiger partial charge in [0.1, 0.15) is 17.3 Å². The molecule has 0 saturated carbocycles. The summed E-state index contributed by atoms with van der Waals surface area (Å²) in [6, 6.07) is 2.67. The first-order valence-electron chi connectivity index (χ1n) is 5.96. The van der Waals surface area contributed by atoms with Crippen LogP contribution in [0.4, 0.5) is 26.3 Å². The maximum Gasteiger partial charge on any atom is 0.433 e. The summed E-state index contributed by atoms with van der Waals surface area (Å²) < 4.78 is 80.6. The van der Waals surface area contributed by atoms with Gasteiger partial charge in [0.15, 0.2) is 6.10 Å². The summed E-state index contributed by atoms with van der Waals surface area (Å²) in [5.74, 6) is -0.990. The third kappa shape index (κ3) is 4.77. The molecule has 0 spiro atoms. The number of nitrogens with zero attached hydrogens (tertiary/aromatic N) is 2. The molecule has 10 heteroatoms. The fourth-order valence-corrected chi connectivity index (χ4v) is 1.47. The van der Waals surface area contributed by atoms with Crippen LogP contribution >= 0.6 is 0 Å². The lowest BCUT2D eigenvalue weighted by Gasteiger charge is -2.22. The molecule has 22 heavy (non-hydrogen) atoms. The number of ether oxygens (including phenoxy) is 1. The highest BCUT2D eigenvalue weighted by Crippen LogP contribution is 2.32. The molecule has 1 rings (SSSR count). The molecule has 0 unspecified atom stereocenters. The monoisotopic (exact) mass is 327 g/mol. The second-order valence-electron chi connectivity index (χ2n) is 4.20. The van der Waals surface area contributed by atoms with E-state index in [1.54, 1.807) is 0 Å². The van der Waals surface area contributed by atoms with Crippen LogP contribution in [0.1, 0.15) is 17.7 Å². The van der Waals surface area contributed by atoms with Crippen LogP contribution in [0.2, 0.25) is 0 Å². The number of aromatic nitrogens is 1. The fraction of sp³-hybridized carbons (Fsp3) is 0.500. The van der Waals surface area contributed by atoms with Crippen LogP contribution in [0.3, 0.4) is 0 Å². The molecular weight excluding hydrogens is 316 g/mol. The molecule has 0 aliphatic carbocycles. The molecular formula is C12H11F6N3O. The number of alkyl halides is 6. The van der Waals surface area contributed by atoms with Crippen molar-refractivity contribution in [3.8, 4) is 11.9 Å². The molecule has 1 N–H and O–H groups in total. The third-order valence-corrected chi connectivity index (χ3v) is 2.55. The highest BCUT2D eigenvalue weighted by molar-refractivity contribution is 5.39. The van der Waals surface area contributed by atoms with Crippen molar-refractivity contribution in [2.75, 3.05) is 13.6 Å². The van der Waals surface area contributed by atoms with Gasteiger partial charge in [-0.25, -0.2) is 4.98 Å². The minimum absolute atomic E-state index is 0.0783. The molecule has 0 bridgehead atoms. The Morgan fingerprint density at radius 3 is 2.36 bits per heavy atom. The molecule has 1 atom stereocenters. The van der Waals surface area contributed by atoms with Crippen LogP contribution in [-0.2, 0) is 6.18 Å². The van der Waals surface area contributed by atoms with Crippen molar-refractivity contribution in [1.82, 2.24) is 10.3 Å². The summed E-state index contributed by atoms with van der Waals surface area (Å²) >= 11 is 0. The summed E-state index contributed by atoms with van der Waals surface area (Å²) in [5, 5.41) is 11.2. The zero-order chi connectivity index (χ0) is 17.0. The van der Waals surface area contributed by atoms with E-state index in [1.165, 1.54) is 13.1 Å². The minimum Gasteiger partial charge on any atom is -0.464 e. The van der Waals surface area contributed by atoms with Crippen molar-refractivity contribution in [3.05, 3.63) is 23.4 Å². The minimum atomic E-state index is -4.86. The van der Waals surface area contributed by atoms with Gasteiger partial charge in [0.25, 0.3) is 0 Å². The first kappa shape index (κ1) is 18.0. The smallest absolute Gasteiger partial charge is 0.433 e. The lowest BCUT2D eigenvalue weighted by atomic mass is 10.2. The number of pyridine rings is 1. The van der Waals surface area contributed by atoms with Gasteiger partial charge in [-0.1, -0.05) is 0 Å². The van der Waals surface area contributed by atoms with Gasteiger partial charge in [0.2, 0.25) is 5.88 Å². The summed E-state index contributed by atoms with van der Waals surface area (Å²) in [4.78, 5) is 2.99. The van der Waals surface area contributed by atoms with E-state index in [-0.39, 0.29) is 6.54 Å². The van der Waals surface area contributed by atoms with Gasteiger partial charge in [0, 0.05) is 6.42 Å². The maximum absolute atomic E-state index is 12.8. The Morgan fingerprint density at radius 2 is 1.91 bits per heavy atom. The van der Waals surface area contributed by atoms with E-state index in [0.717, 1.165) is 6.07 Å². The standard InChI is InChI=1S/C12H11F6N3O/c1-20-5-4-9(12(16,17)18)22-10-7(6-19)2-3-8(21-10)11(13,14)15/h2-3,9,20H,4-5H2,1H3/t9-/m1/s1. The predicted molar refractivity (Wildman–Crippen MR) is 63.0 cm³/mol. The van der Waals surface area contributed by atoms with Gasteiger partial charge < -0.3 is 10.1 Å². The molecule has 0 amide bonds. The molecule has 0 fully saturated rings. The molecule has 1 aromatic rings. The molecule has 0 saturated heterocycles.